The summed E-state index contributed by atoms with van der Waals surface area (Å²) in [6.07, 6.45) is 1.35. The van der Waals surface area contributed by atoms with Gasteiger partial charge in [-0.2, -0.15) is 0 Å². The fraction of sp³-hybridized carbons (Fsp3) is 0.500. The van der Waals surface area contributed by atoms with Gasteiger partial charge < -0.3 is 9.32 Å². The average molecular weight is 221 g/mol. The Bertz CT molecular complexity index is 433. The number of ketones is 1. The largest absolute Gasteiger partial charge is 0.466 e. The Kier molecular flexibility index (Phi) is 2.81. The second-order valence-corrected chi connectivity index (χ2v) is 4.20. The van der Waals surface area contributed by atoms with E-state index in [9.17, 15) is 9.59 Å². The molecule has 1 amide bonds. The lowest BCUT2D eigenvalue weighted by Crippen LogP contribution is -2.40. The summed E-state index contributed by atoms with van der Waals surface area (Å²) in [5.41, 5.74) is 0.576. The molecule has 0 unspecified atom stereocenters. The van der Waals surface area contributed by atoms with Gasteiger partial charge in [0, 0.05) is 13.0 Å². The molecule has 1 fully saturated rings. The van der Waals surface area contributed by atoms with Gasteiger partial charge in [-0.1, -0.05) is 0 Å². The van der Waals surface area contributed by atoms with Crippen molar-refractivity contribution in [1.29, 1.82) is 0 Å². The molecule has 0 aliphatic carbocycles. The molecule has 0 atom stereocenters. The van der Waals surface area contributed by atoms with Gasteiger partial charge in [0.05, 0.1) is 12.1 Å². The molecule has 0 N–H and O–H groups in total. The van der Waals surface area contributed by atoms with Crippen LogP contribution in [0.5, 0.6) is 0 Å². The maximum Gasteiger partial charge on any atom is 0.257 e. The second-order valence-electron chi connectivity index (χ2n) is 4.20. The molecular weight excluding hydrogens is 206 g/mol. The first-order valence-electron chi connectivity index (χ1n) is 5.46. The van der Waals surface area contributed by atoms with Crippen molar-refractivity contribution in [3.05, 3.63) is 23.2 Å². The van der Waals surface area contributed by atoms with E-state index in [0.29, 0.717) is 24.3 Å². The van der Waals surface area contributed by atoms with Crippen LogP contribution >= 0.6 is 0 Å². The highest BCUT2D eigenvalue weighted by Crippen LogP contribution is 2.17. The van der Waals surface area contributed by atoms with E-state index < -0.39 is 0 Å². The van der Waals surface area contributed by atoms with E-state index in [-0.39, 0.29) is 18.2 Å². The molecule has 16 heavy (non-hydrogen) atoms. The van der Waals surface area contributed by atoms with Crippen molar-refractivity contribution < 1.29 is 14.0 Å². The van der Waals surface area contributed by atoms with Crippen LogP contribution < -0.4 is 0 Å². The van der Waals surface area contributed by atoms with Gasteiger partial charge in [-0.25, -0.2) is 0 Å². The fourth-order valence-electron chi connectivity index (χ4n) is 2.02. The number of likely N-dealkylation sites (tertiary alicyclic amines) is 1. The van der Waals surface area contributed by atoms with Gasteiger partial charge >= 0.3 is 0 Å². The Morgan fingerprint density at radius 3 is 2.75 bits per heavy atom. The first-order valence-corrected chi connectivity index (χ1v) is 5.46. The Labute approximate surface area is 94.2 Å². The number of piperidine rings is 1. The molecule has 0 saturated carbocycles. The van der Waals surface area contributed by atoms with E-state index in [0.717, 1.165) is 12.2 Å². The van der Waals surface area contributed by atoms with Crippen molar-refractivity contribution >= 4 is 11.7 Å². The lowest BCUT2D eigenvalue weighted by Gasteiger charge is -2.25. The highest BCUT2D eigenvalue weighted by molar-refractivity contribution is 5.98. The molecule has 4 nitrogen and oxygen atoms in total. The van der Waals surface area contributed by atoms with Crippen LogP contribution in [-0.2, 0) is 4.79 Å². The third-order valence-electron chi connectivity index (χ3n) is 2.81. The topological polar surface area (TPSA) is 50.5 Å². The third-order valence-corrected chi connectivity index (χ3v) is 2.81. The van der Waals surface area contributed by atoms with Crippen molar-refractivity contribution in [1.82, 2.24) is 4.90 Å². The molecule has 0 radical (unpaired) electrons. The van der Waals surface area contributed by atoms with Crippen LogP contribution in [0.2, 0.25) is 0 Å². The first-order chi connectivity index (χ1) is 7.58. The van der Waals surface area contributed by atoms with Crippen LogP contribution in [0.15, 0.2) is 10.5 Å². The molecular formula is C12H15NO3. The summed E-state index contributed by atoms with van der Waals surface area (Å²) in [4.78, 5) is 25.0. The minimum absolute atomic E-state index is 0.0950. The number of hydrogen-bond acceptors (Lipinski definition) is 3. The number of rotatable bonds is 1. The normalized spacial score (nSPS) is 16.6. The zero-order valence-corrected chi connectivity index (χ0v) is 9.58. The first kappa shape index (κ1) is 10.9. The van der Waals surface area contributed by atoms with Gasteiger partial charge in [0.1, 0.15) is 11.5 Å². The van der Waals surface area contributed by atoms with E-state index in [2.05, 4.69) is 0 Å². The van der Waals surface area contributed by atoms with Gasteiger partial charge in [-0.3, -0.25) is 9.59 Å². The maximum absolute atomic E-state index is 12.1. The van der Waals surface area contributed by atoms with E-state index in [1.54, 1.807) is 17.9 Å². The summed E-state index contributed by atoms with van der Waals surface area (Å²) in [6, 6.07) is 1.73. The number of amides is 1. The van der Waals surface area contributed by atoms with Crippen molar-refractivity contribution in [3.8, 4) is 0 Å². The zero-order valence-electron chi connectivity index (χ0n) is 9.58. The summed E-state index contributed by atoms with van der Waals surface area (Å²) in [5.74, 6) is 1.39. The number of furan rings is 1. The Hall–Kier alpha value is -1.58. The second kappa shape index (κ2) is 4.12. The van der Waals surface area contributed by atoms with Crippen LogP contribution in [0.1, 0.15) is 34.7 Å². The van der Waals surface area contributed by atoms with Crippen molar-refractivity contribution in [3.63, 3.8) is 0 Å². The maximum atomic E-state index is 12.1. The summed E-state index contributed by atoms with van der Waals surface area (Å²) in [5, 5.41) is 0. The smallest absolute Gasteiger partial charge is 0.257 e. The highest BCUT2D eigenvalue weighted by atomic mass is 16.3. The van der Waals surface area contributed by atoms with Gasteiger partial charge in [0.2, 0.25) is 0 Å². The van der Waals surface area contributed by atoms with Crippen LogP contribution in [0.3, 0.4) is 0 Å². The fourth-order valence-corrected chi connectivity index (χ4v) is 2.02. The average Bonchev–Trinajstić information content (AvgIpc) is 2.57. The zero-order chi connectivity index (χ0) is 11.7. The van der Waals surface area contributed by atoms with Gasteiger partial charge in [-0.05, 0) is 26.3 Å². The van der Waals surface area contributed by atoms with Crippen molar-refractivity contribution in [2.75, 3.05) is 13.1 Å². The third kappa shape index (κ3) is 2.01. The number of carbonyl (C=O) groups excluding carboxylic acids is 2. The lowest BCUT2D eigenvalue weighted by molar-refractivity contribution is -0.121. The quantitative estimate of drug-likeness (QED) is 0.725. The van der Waals surface area contributed by atoms with Crippen LogP contribution in [0.4, 0.5) is 0 Å². The Morgan fingerprint density at radius 2 is 2.19 bits per heavy atom. The Morgan fingerprint density at radius 1 is 1.44 bits per heavy atom. The van der Waals surface area contributed by atoms with E-state index in [1.807, 2.05) is 6.92 Å². The number of nitrogens with zero attached hydrogens (tertiary/aromatic N) is 1. The van der Waals surface area contributed by atoms with Crippen LogP contribution in [0.25, 0.3) is 0 Å². The molecule has 0 bridgehead atoms. The minimum atomic E-state index is -0.0950. The molecule has 2 heterocycles. The van der Waals surface area contributed by atoms with Crippen LogP contribution in [0, 0.1) is 13.8 Å². The summed E-state index contributed by atoms with van der Waals surface area (Å²) >= 11 is 0. The minimum Gasteiger partial charge on any atom is -0.466 e. The number of Topliss-reactive ketones (excluding diaryl/α,β-unsaturated/α-hetero) is 1. The summed E-state index contributed by atoms with van der Waals surface area (Å²) < 4.78 is 5.32. The van der Waals surface area contributed by atoms with Crippen molar-refractivity contribution in [2.24, 2.45) is 0 Å². The number of carbonyl (C=O) groups is 2. The number of hydrogen-bond donors (Lipinski definition) is 0. The molecule has 0 spiro atoms. The molecule has 1 aliphatic heterocycles. The molecule has 2 rings (SSSR count). The molecule has 1 aromatic rings. The van der Waals surface area contributed by atoms with Gasteiger partial charge in [0.25, 0.3) is 5.91 Å². The summed E-state index contributed by atoms with van der Waals surface area (Å²) in [6.45, 7) is 4.48. The van der Waals surface area contributed by atoms with E-state index in [1.165, 1.54) is 0 Å². The molecule has 1 aliphatic rings. The molecule has 4 heteroatoms. The highest BCUT2D eigenvalue weighted by Gasteiger charge is 2.24. The molecule has 1 saturated heterocycles. The van der Waals surface area contributed by atoms with Gasteiger partial charge in [0.15, 0.2) is 5.78 Å². The van der Waals surface area contributed by atoms with E-state index in [4.69, 9.17) is 4.42 Å². The van der Waals surface area contributed by atoms with Gasteiger partial charge in [-0.15, -0.1) is 0 Å². The van der Waals surface area contributed by atoms with Crippen molar-refractivity contribution in [2.45, 2.75) is 26.7 Å². The standard InChI is InChI=1S/C12H15NO3/c1-8-6-11(9(2)16-8)12(15)13-5-3-4-10(14)7-13/h6H,3-5,7H2,1-2H3. The molecule has 1 aromatic heterocycles. The molecule has 86 valence electrons. The number of aryl methyl sites for hydroxylation is 2. The Balaban J connectivity index is 2.18. The lowest BCUT2D eigenvalue weighted by atomic mass is 10.1. The predicted molar refractivity (Wildman–Crippen MR) is 58.3 cm³/mol. The van der Waals surface area contributed by atoms with E-state index >= 15 is 0 Å². The summed E-state index contributed by atoms with van der Waals surface area (Å²) in [7, 11) is 0. The SMILES string of the molecule is Cc1cc(C(=O)N2CCCC(=O)C2)c(C)o1. The van der Waals surface area contributed by atoms with Crippen LogP contribution in [-0.4, -0.2) is 29.7 Å². The monoisotopic (exact) mass is 221 g/mol. The predicted octanol–water partition coefficient (Wildman–Crippen LogP) is 1.70. The molecule has 0 aromatic carbocycles.